The van der Waals surface area contributed by atoms with Crippen molar-refractivity contribution in [2.45, 2.75) is 12.7 Å². The number of rotatable bonds is 6. The molecule has 31 heavy (non-hydrogen) atoms. The van der Waals surface area contributed by atoms with E-state index in [1.807, 2.05) is 41.9 Å². The highest BCUT2D eigenvalue weighted by molar-refractivity contribution is 6.30. The number of aryl methyl sites for hydroxylation is 1. The monoisotopic (exact) mass is 430 g/mol. The molecule has 1 N–H and O–H groups in total. The fourth-order valence-electron chi connectivity index (χ4n) is 3.42. The van der Waals surface area contributed by atoms with Crippen molar-refractivity contribution < 1.29 is 4.74 Å². The largest absolute Gasteiger partial charge is 0.362 e. The summed E-state index contributed by atoms with van der Waals surface area (Å²) in [5.41, 5.74) is 4.57. The van der Waals surface area contributed by atoms with Crippen LogP contribution >= 0.6 is 11.6 Å². The van der Waals surface area contributed by atoms with E-state index < -0.39 is 6.10 Å². The van der Waals surface area contributed by atoms with Crippen molar-refractivity contribution in [3.63, 3.8) is 0 Å². The Labute approximate surface area is 184 Å². The zero-order valence-electron chi connectivity index (χ0n) is 16.7. The molecule has 4 aromatic rings. The van der Waals surface area contributed by atoms with Gasteiger partial charge in [-0.3, -0.25) is 4.79 Å². The summed E-state index contributed by atoms with van der Waals surface area (Å²) in [4.78, 5) is 18.9. The van der Waals surface area contributed by atoms with Crippen LogP contribution in [-0.4, -0.2) is 14.5 Å². The number of nitrogens with one attached hydrogen (secondary N) is 1. The molecule has 0 saturated carbocycles. The topological polar surface area (TPSA) is 83.7 Å². The summed E-state index contributed by atoms with van der Waals surface area (Å²) in [6.07, 6.45) is 4.73. The zero-order valence-corrected chi connectivity index (χ0v) is 17.5. The molecule has 6 nitrogen and oxygen atoms in total. The quantitative estimate of drug-likeness (QED) is 0.484. The number of nitriles is 1. The van der Waals surface area contributed by atoms with Crippen LogP contribution in [0, 0.1) is 11.3 Å². The second-order valence-corrected chi connectivity index (χ2v) is 7.54. The highest BCUT2D eigenvalue weighted by atomic mass is 35.5. The Balaban J connectivity index is 1.69. The summed E-state index contributed by atoms with van der Waals surface area (Å²) >= 11 is 6.15. The van der Waals surface area contributed by atoms with E-state index in [1.54, 1.807) is 43.0 Å². The third-order valence-electron chi connectivity index (χ3n) is 5.02. The molecule has 0 aliphatic rings. The molecule has 0 saturated heterocycles. The predicted octanol–water partition coefficient (Wildman–Crippen LogP) is 4.61. The summed E-state index contributed by atoms with van der Waals surface area (Å²) < 4.78 is 8.24. The summed E-state index contributed by atoms with van der Waals surface area (Å²) in [5.74, 6) is 0. The Hall–Kier alpha value is -3.66. The fraction of sp³-hybridized carbons (Fsp3) is 0.125. The second-order valence-electron chi connectivity index (χ2n) is 7.10. The fourth-order valence-corrected chi connectivity index (χ4v) is 3.61. The van der Waals surface area contributed by atoms with Crippen LogP contribution in [0.25, 0.3) is 11.1 Å². The number of benzene rings is 2. The third-order valence-corrected chi connectivity index (χ3v) is 5.25. The van der Waals surface area contributed by atoms with E-state index >= 15 is 0 Å². The van der Waals surface area contributed by atoms with Gasteiger partial charge in [0.05, 0.1) is 36.5 Å². The van der Waals surface area contributed by atoms with Gasteiger partial charge >= 0.3 is 0 Å². The van der Waals surface area contributed by atoms with E-state index in [-0.39, 0.29) is 12.2 Å². The number of nitrogens with zero attached hydrogens (tertiary/aromatic N) is 3. The van der Waals surface area contributed by atoms with E-state index in [0.29, 0.717) is 10.6 Å². The van der Waals surface area contributed by atoms with Crippen LogP contribution < -0.4 is 5.56 Å². The van der Waals surface area contributed by atoms with Gasteiger partial charge in [-0.1, -0.05) is 35.9 Å². The lowest BCUT2D eigenvalue weighted by Crippen LogP contribution is -2.12. The Morgan fingerprint density at radius 2 is 2.03 bits per heavy atom. The van der Waals surface area contributed by atoms with Gasteiger partial charge in [0.25, 0.3) is 0 Å². The summed E-state index contributed by atoms with van der Waals surface area (Å²) in [7, 11) is 1.90. The maximum atomic E-state index is 12.0. The van der Waals surface area contributed by atoms with Gasteiger partial charge in [0.1, 0.15) is 6.10 Å². The molecular weight excluding hydrogens is 412 g/mol. The SMILES string of the molecule is Cn1cncc1C(OCc1c[nH]c(=O)cc1-c1cccc(Cl)c1)c1ccc(C#N)cc1. The molecule has 0 bridgehead atoms. The minimum Gasteiger partial charge on any atom is -0.362 e. The highest BCUT2D eigenvalue weighted by Crippen LogP contribution is 2.30. The van der Waals surface area contributed by atoms with Gasteiger partial charge in [-0.2, -0.15) is 5.26 Å². The molecule has 2 heterocycles. The van der Waals surface area contributed by atoms with Crippen LogP contribution in [0.5, 0.6) is 0 Å². The maximum Gasteiger partial charge on any atom is 0.248 e. The van der Waals surface area contributed by atoms with Crippen molar-refractivity contribution in [3.05, 3.63) is 111 Å². The molecule has 2 aromatic carbocycles. The van der Waals surface area contributed by atoms with Crippen molar-refractivity contribution in [2.24, 2.45) is 7.05 Å². The number of aromatic amines is 1. The highest BCUT2D eigenvalue weighted by Gasteiger charge is 2.19. The summed E-state index contributed by atoms with van der Waals surface area (Å²) in [5, 5.41) is 9.69. The third kappa shape index (κ3) is 4.58. The molecule has 2 aromatic heterocycles. The van der Waals surface area contributed by atoms with Crippen LogP contribution in [0.4, 0.5) is 0 Å². The molecule has 0 fully saturated rings. The van der Waals surface area contributed by atoms with Crippen molar-refractivity contribution in [1.82, 2.24) is 14.5 Å². The molecule has 1 unspecified atom stereocenters. The number of H-pyrrole nitrogens is 1. The van der Waals surface area contributed by atoms with Crippen molar-refractivity contribution in [1.29, 1.82) is 5.26 Å². The lowest BCUT2D eigenvalue weighted by molar-refractivity contribution is 0.0623. The summed E-state index contributed by atoms with van der Waals surface area (Å²) in [6.45, 7) is 0.245. The molecule has 7 heteroatoms. The van der Waals surface area contributed by atoms with Gasteiger partial charge in [-0.15, -0.1) is 0 Å². The standard InChI is InChI=1S/C24H19ClN4O2/c1-29-15-27-13-22(29)24(17-7-5-16(11-26)6-8-17)31-14-19-12-28-23(30)10-21(19)18-3-2-4-20(25)9-18/h2-10,12-13,15,24H,14H2,1H3,(H,28,30). The lowest BCUT2D eigenvalue weighted by atomic mass is 10.0. The van der Waals surface area contributed by atoms with Gasteiger partial charge in [0.2, 0.25) is 5.56 Å². The number of hydrogen-bond acceptors (Lipinski definition) is 4. The number of halogens is 1. The molecule has 0 amide bonds. The molecule has 0 aliphatic heterocycles. The number of hydrogen-bond donors (Lipinski definition) is 1. The Morgan fingerprint density at radius 1 is 1.23 bits per heavy atom. The molecule has 4 rings (SSSR count). The molecular formula is C24H19ClN4O2. The number of imidazole rings is 1. The van der Waals surface area contributed by atoms with E-state index in [1.165, 1.54) is 0 Å². The van der Waals surface area contributed by atoms with Crippen LogP contribution in [0.2, 0.25) is 5.02 Å². The van der Waals surface area contributed by atoms with Gasteiger partial charge in [-0.25, -0.2) is 4.98 Å². The normalized spacial score (nSPS) is 11.8. The number of ether oxygens (including phenoxy) is 1. The number of aromatic nitrogens is 3. The Kier molecular flexibility index (Phi) is 5.99. The molecule has 1 atom stereocenters. The Morgan fingerprint density at radius 3 is 2.71 bits per heavy atom. The minimum absolute atomic E-state index is 0.200. The van der Waals surface area contributed by atoms with Gasteiger partial charge in [0.15, 0.2) is 0 Å². The van der Waals surface area contributed by atoms with E-state index in [4.69, 9.17) is 21.6 Å². The van der Waals surface area contributed by atoms with Gasteiger partial charge < -0.3 is 14.3 Å². The zero-order chi connectivity index (χ0) is 21.8. The molecule has 0 spiro atoms. The Bertz CT molecular complexity index is 1300. The van der Waals surface area contributed by atoms with Crippen LogP contribution in [0.15, 0.2) is 78.1 Å². The lowest BCUT2D eigenvalue weighted by Gasteiger charge is -2.20. The maximum absolute atomic E-state index is 12.0. The first-order valence-corrected chi connectivity index (χ1v) is 9.98. The van der Waals surface area contributed by atoms with Crippen LogP contribution in [0.3, 0.4) is 0 Å². The second kappa shape index (κ2) is 9.00. The minimum atomic E-state index is -0.403. The van der Waals surface area contributed by atoms with Gasteiger partial charge in [-0.05, 0) is 41.0 Å². The summed E-state index contributed by atoms with van der Waals surface area (Å²) in [6, 6.07) is 18.3. The first-order valence-electron chi connectivity index (χ1n) is 9.60. The average Bonchev–Trinajstić information content (AvgIpc) is 3.21. The van der Waals surface area contributed by atoms with Gasteiger partial charge in [0, 0.05) is 29.9 Å². The van der Waals surface area contributed by atoms with E-state index in [9.17, 15) is 4.79 Å². The van der Waals surface area contributed by atoms with Crippen LogP contribution in [0.1, 0.15) is 28.5 Å². The molecule has 0 aliphatic carbocycles. The molecule has 0 radical (unpaired) electrons. The first-order chi connectivity index (χ1) is 15.0. The first kappa shape index (κ1) is 20.6. The van der Waals surface area contributed by atoms with Crippen molar-refractivity contribution in [2.75, 3.05) is 0 Å². The smallest absolute Gasteiger partial charge is 0.248 e. The van der Waals surface area contributed by atoms with E-state index in [0.717, 1.165) is 27.9 Å². The number of pyridine rings is 1. The average molecular weight is 431 g/mol. The van der Waals surface area contributed by atoms with Crippen LogP contribution in [-0.2, 0) is 18.4 Å². The molecule has 154 valence electrons. The predicted molar refractivity (Wildman–Crippen MR) is 119 cm³/mol. The van der Waals surface area contributed by atoms with E-state index in [2.05, 4.69) is 16.0 Å². The van der Waals surface area contributed by atoms with Crippen molar-refractivity contribution >= 4 is 11.6 Å². The van der Waals surface area contributed by atoms with Crippen molar-refractivity contribution in [3.8, 4) is 17.2 Å².